The SMILES string of the molecule is CC[C@@H]1CN(C(=O)NC23CC4CC(CC(C4)C2)C3)c2cc(C)ccc2O1. The maximum atomic E-state index is 13.4. The zero-order valence-electron chi connectivity index (χ0n) is 16.0. The Morgan fingerprint density at radius 1 is 1.19 bits per heavy atom. The minimum absolute atomic E-state index is 0.0514. The molecular formula is C22H30N2O2. The van der Waals surface area contributed by atoms with Crippen LogP contribution in [0.2, 0.25) is 0 Å². The van der Waals surface area contributed by atoms with Gasteiger partial charge in [0.1, 0.15) is 11.9 Å². The van der Waals surface area contributed by atoms with Gasteiger partial charge in [-0.3, -0.25) is 4.90 Å². The zero-order chi connectivity index (χ0) is 17.9. The van der Waals surface area contributed by atoms with Gasteiger partial charge in [0.2, 0.25) is 0 Å². The normalized spacial score (nSPS) is 37.2. The van der Waals surface area contributed by atoms with Crippen molar-refractivity contribution in [1.29, 1.82) is 0 Å². The highest BCUT2D eigenvalue weighted by atomic mass is 16.5. The molecule has 4 nitrogen and oxygen atoms in total. The quantitative estimate of drug-likeness (QED) is 0.840. The number of urea groups is 1. The van der Waals surface area contributed by atoms with Crippen LogP contribution in [0.25, 0.3) is 0 Å². The summed E-state index contributed by atoms with van der Waals surface area (Å²) in [6.45, 7) is 4.84. The monoisotopic (exact) mass is 354 g/mol. The standard InChI is InChI=1S/C22H30N2O2/c1-3-18-13-24(19-6-14(2)4-5-20(19)26-18)21(25)23-22-10-15-7-16(11-22)9-17(8-15)12-22/h4-6,15-18H,3,7-13H2,1-2H3,(H,23,25)/t15?,16?,17?,18-,22?/m1/s1. The van der Waals surface area contributed by atoms with Gasteiger partial charge < -0.3 is 10.1 Å². The number of hydrogen-bond donors (Lipinski definition) is 1. The van der Waals surface area contributed by atoms with Crippen LogP contribution >= 0.6 is 0 Å². The Hall–Kier alpha value is -1.71. The molecule has 1 atom stereocenters. The van der Waals surface area contributed by atoms with Crippen molar-refractivity contribution in [1.82, 2.24) is 5.32 Å². The van der Waals surface area contributed by atoms with E-state index in [1.807, 2.05) is 11.0 Å². The Morgan fingerprint density at radius 3 is 2.46 bits per heavy atom. The molecule has 6 rings (SSSR count). The summed E-state index contributed by atoms with van der Waals surface area (Å²) >= 11 is 0. The number of hydrogen-bond acceptors (Lipinski definition) is 2. The number of aryl methyl sites for hydroxylation is 1. The molecule has 1 aromatic rings. The van der Waals surface area contributed by atoms with Crippen molar-refractivity contribution < 1.29 is 9.53 Å². The molecule has 0 unspecified atom stereocenters. The second-order valence-corrected chi connectivity index (χ2v) is 9.36. The molecule has 1 heterocycles. The minimum Gasteiger partial charge on any atom is -0.486 e. The first-order valence-corrected chi connectivity index (χ1v) is 10.4. The lowest BCUT2D eigenvalue weighted by Gasteiger charge is -2.57. The predicted octanol–water partition coefficient (Wildman–Crippen LogP) is 4.65. The van der Waals surface area contributed by atoms with Crippen LogP contribution in [0.4, 0.5) is 10.5 Å². The molecule has 4 fully saturated rings. The molecule has 1 aliphatic heterocycles. The molecule has 0 radical (unpaired) electrons. The fourth-order valence-corrected chi connectivity index (χ4v) is 6.42. The van der Waals surface area contributed by atoms with Gasteiger partial charge in [-0.05, 0) is 87.3 Å². The van der Waals surface area contributed by atoms with E-state index >= 15 is 0 Å². The lowest BCUT2D eigenvalue weighted by atomic mass is 9.53. The maximum absolute atomic E-state index is 13.4. The van der Waals surface area contributed by atoms with E-state index in [0.29, 0.717) is 6.54 Å². The number of nitrogens with one attached hydrogen (secondary N) is 1. The van der Waals surface area contributed by atoms with E-state index in [0.717, 1.165) is 41.2 Å². The van der Waals surface area contributed by atoms with Crippen molar-refractivity contribution in [2.75, 3.05) is 11.4 Å². The Kier molecular flexibility index (Phi) is 3.74. The molecule has 5 aliphatic rings. The van der Waals surface area contributed by atoms with E-state index in [-0.39, 0.29) is 17.7 Å². The van der Waals surface area contributed by atoms with Crippen LogP contribution < -0.4 is 15.0 Å². The van der Waals surface area contributed by atoms with Gasteiger partial charge in [0.15, 0.2) is 0 Å². The summed E-state index contributed by atoms with van der Waals surface area (Å²) < 4.78 is 6.09. The number of fused-ring (bicyclic) bond motifs is 1. The minimum atomic E-state index is 0.0514. The van der Waals surface area contributed by atoms with Crippen LogP contribution in [0, 0.1) is 24.7 Å². The summed E-state index contributed by atoms with van der Waals surface area (Å²) in [7, 11) is 0. The number of rotatable bonds is 2. The summed E-state index contributed by atoms with van der Waals surface area (Å²) in [6, 6.07) is 6.24. The first-order chi connectivity index (χ1) is 12.5. The van der Waals surface area contributed by atoms with Crippen molar-refractivity contribution in [2.45, 2.75) is 70.4 Å². The van der Waals surface area contributed by atoms with E-state index < -0.39 is 0 Å². The van der Waals surface area contributed by atoms with Crippen LogP contribution in [-0.4, -0.2) is 24.2 Å². The second kappa shape index (κ2) is 5.90. The highest BCUT2D eigenvalue weighted by molar-refractivity contribution is 5.94. The molecule has 26 heavy (non-hydrogen) atoms. The third-order valence-electron chi connectivity index (χ3n) is 7.20. The molecule has 4 heteroatoms. The van der Waals surface area contributed by atoms with Crippen LogP contribution in [0.1, 0.15) is 57.4 Å². The molecule has 1 N–H and O–H groups in total. The fourth-order valence-electron chi connectivity index (χ4n) is 6.42. The maximum Gasteiger partial charge on any atom is 0.322 e. The Bertz CT molecular complexity index is 694. The van der Waals surface area contributed by atoms with E-state index in [2.05, 4.69) is 31.3 Å². The molecule has 0 saturated heterocycles. The second-order valence-electron chi connectivity index (χ2n) is 9.36. The van der Waals surface area contributed by atoms with E-state index in [1.165, 1.54) is 38.5 Å². The Labute approximate surface area is 156 Å². The number of carbonyl (C=O) groups is 1. The van der Waals surface area contributed by atoms with Gasteiger partial charge in [-0.1, -0.05) is 13.0 Å². The van der Waals surface area contributed by atoms with Crippen molar-refractivity contribution in [2.24, 2.45) is 17.8 Å². The van der Waals surface area contributed by atoms with Crippen LogP contribution in [-0.2, 0) is 0 Å². The number of anilines is 1. The van der Waals surface area contributed by atoms with Crippen LogP contribution in [0.3, 0.4) is 0 Å². The zero-order valence-corrected chi connectivity index (χ0v) is 16.0. The molecule has 4 saturated carbocycles. The smallest absolute Gasteiger partial charge is 0.322 e. The average Bonchev–Trinajstić information content (AvgIpc) is 2.59. The van der Waals surface area contributed by atoms with Gasteiger partial charge in [-0.25, -0.2) is 4.79 Å². The van der Waals surface area contributed by atoms with Gasteiger partial charge in [0, 0.05) is 5.54 Å². The summed E-state index contributed by atoms with van der Waals surface area (Å²) in [5.41, 5.74) is 2.14. The van der Waals surface area contributed by atoms with Crippen LogP contribution in [0.5, 0.6) is 5.75 Å². The topological polar surface area (TPSA) is 41.6 Å². The van der Waals surface area contributed by atoms with E-state index in [9.17, 15) is 4.79 Å². The van der Waals surface area contributed by atoms with E-state index in [4.69, 9.17) is 4.74 Å². The molecule has 4 aliphatic carbocycles. The summed E-state index contributed by atoms with van der Waals surface area (Å²) in [4.78, 5) is 15.3. The number of amides is 2. The molecule has 1 aromatic carbocycles. The molecule has 0 aromatic heterocycles. The first kappa shape index (κ1) is 16.5. The third kappa shape index (κ3) is 2.69. The molecule has 0 spiro atoms. The van der Waals surface area contributed by atoms with E-state index in [1.54, 1.807) is 0 Å². The van der Waals surface area contributed by atoms with Crippen molar-refractivity contribution in [3.05, 3.63) is 23.8 Å². The highest BCUT2D eigenvalue weighted by Crippen LogP contribution is 2.55. The lowest BCUT2D eigenvalue weighted by molar-refractivity contribution is -0.0132. The Morgan fingerprint density at radius 2 is 1.85 bits per heavy atom. The summed E-state index contributed by atoms with van der Waals surface area (Å²) in [5, 5.41) is 3.53. The third-order valence-corrected chi connectivity index (χ3v) is 7.20. The lowest BCUT2D eigenvalue weighted by Crippen LogP contribution is -2.62. The van der Waals surface area contributed by atoms with Gasteiger partial charge in [0.05, 0.1) is 12.2 Å². The fraction of sp³-hybridized carbons (Fsp3) is 0.682. The largest absolute Gasteiger partial charge is 0.486 e. The Balaban J connectivity index is 1.41. The molecule has 4 bridgehead atoms. The number of benzene rings is 1. The molecule has 140 valence electrons. The van der Waals surface area contributed by atoms with Crippen LogP contribution in [0.15, 0.2) is 18.2 Å². The molecule has 2 amide bonds. The predicted molar refractivity (Wildman–Crippen MR) is 103 cm³/mol. The number of carbonyl (C=O) groups excluding carboxylic acids is 1. The molecular weight excluding hydrogens is 324 g/mol. The van der Waals surface area contributed by atoms with Crippen molar-refractivity contribution in [3.63, 3.8) is 0 Å². The van der Waals surface area contributed by atoms with Gasteiger partial charge in [-0.15, -0.1) is 0 Å². The van der Waals surface area contributed by atoms with Crippen molar-refractivity contribution >= 4 is 11.7 Å². The summed E-state index contributed by atoms with van der Waals surface area (Å²) in [6.07, 6.45) is 8.74. The average molecular weight is 354 g/mol. The van der Waals surface area contributed by atoms with Gasteiger partial charge in [-0.2, -0.15) is 0 Å². The van der Waals surface area contributed by atoms with Gasteiger partial charge in [0.25, 0.3) is 0 Å². The number of nitrogens with zero attached hydrogens (tertiary/aromatic N) is 1. The van der Waals surface area contributed by atoms with Crippen molar-refractivity contribution in [3.8, 4) is 5.75 Å². The van der Waals surface area contributed by atoms with Gasteiger partial charge >= 0.3 is 6.03 Å². The number of ether oxygens (including phenoxy) is 1. The first-order valence-electron chi connectivity index (χ1n) is 10.4. The highest BCUT2D eigenvalue weighted by Gasteiger charge is 2.52. The summed E-state index contributed by atoms with van der Waals surface area (Å²) in [5.74, 6) is 3.35.